The van der Waals surface area contributed by atoms with Crippen LogP contribution < -0.4 is 0 Å². The molecule has 0 aromatic heterocycles. The molecule has 1 rings (SSSR count). The first-order chi connectivity index (χ1) is 9.77. The molecule has 114 valence electrons. The van der Waals surface area contributed by atoms with Crippen molar-refractivity contribution in [3.05, 3.63) is 39.4 Å². The molecule has 0 N–H and O–H groups in total. The lowest BCUT2D eigenvalue weighted by Gasteiger charge is -2.16. The summed E-state index contributed by atoms with van der Waals surface area (Å²) >= 11 is 0. The van der Waals surface area contributed by atoms with E-state index in [1.165, 1.54) is 7.05 Å². The number of nitro groups is 1. The van der Waals surface area contributed by atoms with Gasteiger partial charge in [-0.05, 0) is 13.0 Å². The van der Waals surface area contributed by atoms with E-state index in [9.17, 15) is 28.5 Å². The van der Waals surface area contributed by atoms with Crippen LogP contribution in [0, 0.1) is 21.7 Å². The van der Waals surface area contributed by atoms with Gasteiger partial charge in [-0.25, -0.2) is 8.78 Å². The van der Waals surface area contributed by atoms with Crippen LogP contribution in [0.3, 0.4) is 0 Å². The summed E-state index contributed by atoms with van der Waals surface area (Å²) in [7, 11) is 1.18. The lowest BCUT2D eigenvalue weighted by atomic mass is 10.1. The molecule has 0 aliphatic rings. The van der Waals surface area contributed by atoms with Crippen molar-refractivity contribution in [2.24, 2.45) is 0 Å². The van der Waals surface area contributed by atoms with E-state index in [1.807, 2.05) is 0 Å². The van der Waals surface area contributed by atoms with E-state index in [1.54, 1.807) is 6.92 Å². The van der Waals surface area contributed by atoms with Gasteiger partial charge in [-0.3, -0.25) is 19.7 Å². The number of carbonyl (C=O) groups is 2. The predicted octanol–water partition coefficient (Wildman–Crippen LogP) is 1.51. The first-order valence-corrected chi connectivity index (χ1v) is 5.82. The van der Waals surface area contributed by atoms with E-state index in [2.05, 4.69) is 4.74 Å². The lowest BCUT2D eigenvalue weighted by Crippen LogP contribution is -2.33. The minimum Gasteiger partial charge on any atom is -0.465 e. The Balaban J connectivity index is 3.09. The van der Waals surface area contributed by atoms with E-state index < -0.39 is 46.2 Å². The second-order valence-corrected chi connectivity index (χ2v) is 4.01. The Hall–Kier alpha value is -2.58. The molecule has 7 nitrogen and oxygen atoms in total. The molecular formula is C12H12F2N2O5. The smallest absolute Gasteiger partial charge is 0.325 e. The highest BCUT2D eigenvalue weighted by Gasteiger charge is 2.27. The predicted molar refractivity (Wildman–Crippen MR) is 66.6 cm³/mol. The normalized spacial score (nSPS) is 10.1. The molecule has 1 aromatic rings. The van der Waals surface area contributed by atoms with Crippen molar-refractivity contribution < 1.29 is 28.0 Å². The molecule has 0 atom stereocenters. The van der Waals surface area contributed by atoms with Crippen molar-refractivity contribution in [3.63, 3.8) is 0 Å². The summed E-state index contributed by atoms with van der Waals surface area (Å²) in [5, 5.41) is 10.8. The molecule has 0 aliphatic heterocycles. The van der Waals surface area contributed by atoms with Gasteiger partial charge in [-0.1, -0.05) is 0 Å². The molecule has 0 radical (unpaired) electrons. The van der Waals surface area contributed by atoms with Crippen LogP contribution in [-0.2, 0) is 9.53 Å². The van der Waals surface area contributed by atoms with Gasteiger partial charge in [-0.15, -0.1) is 0 Å². The zero-order valence-electron chi connectivity index (χ0n) is 11.3. The number of ether oxygens (including phenoxy) is 1. The van der Waals surface area contributed by atoms with Crippen molar-refractivity contribution in [2.75, 3.05) is 20.2 Å². The molecule has 0 spiro atoms. The number of halogens is 2. The first kappa shape index (κ1) is 16.5. The number of likely N-dealkylation sites (N-methyl/N-ethyl adjacent to an activating group) is 1. The molecule has 0 heterocycles. The Morgan fingerprint density at radius 2 is 1.90 bits per heavy atom. The third-order valence-corrected chi connectivity index (χ3v) is 2.48. The molecule has 0 aliphatic carbocycles. The first-order valence-electron chi connectivity index (χ1n) is 5.82. The standard InChI is InChI=1S/C12H12F2N2O5/c1-3-21-11(17)6-15(2)12(18)7-4-8(13)9(14)5-10(7)16(19)20/h4-5H,3,6H2,1-2H3. The van der Waals surface area contributed by atoms with Crippen molar-refractivity contribution >= 4 is 17.6 Å². The Bertz CT molecular complexity index is 591. The van der Waals surface area contributed by atoms with Crippen molar-refractivity contribution in [1.29, 1.82) is 0 Å². The number of nitrogens with zero attached hydrogens (tertiary/aromatic N) is 2. The lowest BCUT2D eigenvalue weighted by molar-refractivity contribution is -0.385. The SMILES string of the molecule is CCOC(=O)CN(C)C(=O)c1cc(F)c(F)cc1[N+](=O)[O-]. The minimum atomic E-state index is -1.44. The average molecular weight is 302 g/mol. The number of benzene rings is 1. The maximum atomic E-state index is 13.2. The Kier molecular flexibility index (Phi) is 5.28. The fourth-order valence-corrected chi connectivity index (χ4v) is 1.54. The second kappa shape index (κ2) is 6.73. The number of rotatable bonds is 5. The van der Waals surface area contributed by atoms with E-state index >= 15 is 0 Å². The highest BCUT2D eigenvalue weighted by Crippen LogP contribution is 2.23. The number of carbonyl (C=O) groups excluding carboxylic acids is 2. The maximum absolute atomic E-state index is 13.2. The molecule has 1 amide bonds. The van der Waals surface area contributed by atoms with Gasteiger partial charge in [0.25, 0.3) is 11.6 Å². The van der Waals surface area contributed by atoms with Crippen LogP contribution in [0.25, 0.3) is 0 Å². The van der Waals surface area contributed by atoms with Gasteiger partial charge < -0.3 is 9.64 Å². The number of amides is 1. The molecule has 0 bridgehead atoms. The monoisotopic (exact) mass is 302 g/mol. The van der Waals surface area contributed by atoms with Crippen LogP contribution in [0.15, 0.2) is 12.1 Å². The van der Waals surface area contributed by atoms with Crippen molar-refractivity contribution in [3.8, 4) is 0 Å². The van der Waals surface area contributed by atoms with E-state index in [0.29, 0.717) is 12.1 Å². The molecule has 0 fully saturated rings. The Labute approximate surface area is 118 Å². The summed E-state index contributed by atoms with van der Waals surface area (Å²) in [6.45, 7) is 1.20. The molecule has 21 heavy (non-hydrogen) atoms. The van der Waals surface area contributed by atoms with Gasteiger partial charge >= 0.3 is 5.97 Å². The van der Waals surface area contributed by atoms with Gasteiger partial charge in [0, 0.05) is 7.05 Å². The molecule has 1 aromatic carbocycles. The van der Waals surface area contributed by atoms with Crippen LogP contribution in [0.5, 0.6) is 0 Å². The zero-order chi connectivity index (χ0) is 16.2. The van der Waals surface area contributed by atoms with Gasteiger partial charge in [0.05, 0.1) is 17.6 Å². The Morgan fingerprint density at radius 1 is 1.33 bits per heavy atom. The average Bonchev–Trinajstić information content (AvgIpc) is 2.40. The van der Waals surface area contributed by atoms with Gasteiger partial charge in [0.2, 0.25) is 0 Å². The molecule has 9 heteroatoms. The van der Waals surface area contributed by atoms with Crippen LogP contribution in [0.2, 0.25) is 0 Å². The summed E-state index contributed by atoms with van der Waals surface area (Å²) < 4.78 is 30.8. The highest BCUT2D eigenvalue weighted by atomic mass is 19.2. The van der Waals surface area contributed by atoms with E-state index in [4.69, 9.17) is 0 Å². The zero-order valence-corrected chi connectivity index (χ0v) is 11.3. The fourth-order valence-electron chi connectivity index (χ4n) is 1.54. The number of esters is 1. The number of hydrogen-bond donors (Lipinski definition) is 0. The second-order valence-electron chi connectivity index (χ2n) is 4.01. The summed E-state index contributed by atoms with van der Waals surface area (Å²) in [6, 6.07) is 0.748. The van der Waals surface area contributed by atoms with Crippen LogP contribution >= 0.6 is 0 Å². The van der Waals surface area contributed by atoms with Gasteiger partial charge in [0.15, 0.2) is 11.6 Å². The van der Waals surface area contributed by atoms with Crippen LogP contribution in [0.4, 0.5) is 14.5 Å². The van der Waals surface area contributed by atoms with E-state index in [-0.39, 0.29) is 6.61 Å². The largest absolute Gasteiger partial charge is 0.465 e. The summed E-state index contributed by atoms with van der Waals surface area (Å²) in [6.07, 6.45) is 0. The number of nitro benzene ring substituents is 1. The third-order valence-electron chi connectivity index (χ3n) is 2.48. The van der Waals surface area contributed by atoms with E-state index in [0.717, 1.165) is 4.90 Å². The third kappa shape index (κ3) is 3.94. The summed E-state index contributed by atoms with van der Waals surface area (Å²) in [4.78, 5) is 33.8. The highest BCUT2D eigenvalue weighted by molar-refractivity contribution is 5.99. The summed E-state index contributed by atoms with van der Waals surface area (Å²) in [5.41, 5.74) is -1.53. The number of hydrogen-bond acceptors (Lipinski definition) is 5. The topological polar surface area (TPSA) is 89.8 Å². The molecular weight excluding hydrogens is 290 g/mol. The van der Waals surface area contributed by atoms with Crippen LogP contribution in [0.1, 0.15) is 17.3 Å². The van der Waals surface area contributed by atoms with Crippen molar-refractivity contribution in [2.45, 2.75) is 6.92 Å². The maximum Gasteiger partial charge on any atom is 0.325 e. The fraction of sp³-hybridized carbons (Fsp3) is 0.333. The molecule has 0 saturated heterocycles. The summed E-state index contributed by atoms with van der Waals surface area (Å²) in [5.74, 6) is -4.55. The van der Waals surface area contributed by atoms with Crippen LogP contribution in [-0.4, -0.2) is 41.9 Å². The molecule has 0 saturated carbocycles. The quantitative estimate of drug-likeness (QED) is 0.467. The van der Waals surface area contributed by atoms with Crippen molar-refractivity contribution in [1.82, 2.24) is 4.90 Å². The minimum absolute atomic E-state index is 0.103. The van der Waals surface area contributed by atoms with Gasteiger partial charge in [-0.2, -0.15) is 0 Å². The molecule has 0 unspecified atom stereocenters. The Morgan fingerprint density at radius 3 is 2.43 bits per heavy atom. The van der Waals surface area contributed by atoms with Gasteiger partial charge in [0.1, 0.15) is 12.1 Å².